The normalized spacial score (nSPS) is 11.7. The van der Waals surface area contributed by atoms with Gasteiger partial charge in [0.15, 0.2) is 0 Å². The monoisotopic (exact) mass is 290 g/mol. The molecule has 0 spiro atoms. The lowest BCUT2D eigenvalue weighted by atomic mass is 10.2. The zero-order valence-electron chi connectivity index (χ0n) is 11.3. The van der Waals surface area contributed by atoms with Gasteiger partial charge in [0.05, 0.1) is 0 Å². The van der Waals surface area contributed by atoms with Gasteiger partial charge in [-0.05, 0) is 32.4 Å². The summed E-state index contributed by atoms with van der Waals surface area (Å²) in [6.45, 7) is 3.99. The Balaban J connectivity index is 2.89. The van der Waals surface area contributed by atoms with Crippen molar-refractivity contribution in [2.24, 2.45) is 0 Å². The van der Waals surface area contributed by atoms with E-state index in [0.717, 1.165) is 6.07 Å². The molecule has 0 saturated carbocycles. The Kier molecular flexibility index (Phi) is 5.35. The summed E-state index contributed by atoms with van der Waals surface area (Å²) in [5.74, 6) is -0.717. The number of anilines is 1. The molecular weight excluding hydrogens is 273 g/mol. The van der Waals surface area contributed by atoms with Gasteiger partial charge in [0.1, 0.15) is 11.5 Å². The van der Waals surface area contributed by atoms with E-state index in [0.29, 0.717) is 13.0 Å². The molecule has 1 N–H and O–H groups in total. The predicted octanol–water partition coefficient (Wildman–Crippen LogP) is 3.18. The van der Waals surface area contributed by atoms with Crippen molar-refractivity contribution < 1.29 is 23.1 Å². The Bertz CT molecular complexity index is 461. The van der Waals surface area contributed by atoms with Gasteiger partial charge in [0.2, 0.25) is 0 Å². The second-order valence-corrected chi connectivity index (χ2v) is 4.66. The molecule has 7 heteroatoms. The van der Waals surface area contributed by atoms with Crippen LogP contribution in [0.1, 0.15) is 32.4 Å². The first-order valence-corrected chi connectivity index (χ1v) is 6.24. The number of nitrogens with zero attached hydrogens (tertiary/aromatic N) is 2. The number of halogens is 3. The van der Waals surface area contributed by atoms with Crippen molar-refractivity contribution in [3.63, 3.8) is 0 Å². The van der Waals surface area contributed by atoms with Gasteiger partial charge in [-0.3, -0.25) is 4.79 Å². The number of hydrogen-bond donors (Lipinski definition) is 1. The molecule has 0 atom stereocenters. The third-order valence-electron chi connectivity index (χ3n) is 2.73. The van der Waals surface area contributed by atoms with Crippen LogP contribution in [-0.2, 0) is 11.0 Å². The van der Waals surface area contributed by atoms with E-state index in [4.69, 9.17) is 5.11 Å². The number of rotatable bonds is 6. The van der Waals surface area contributed by atoms with Crippen molar-refractivity contribution in [2.75, 3.05) is 11.4 Å². The molecular formula is C13H17F3N2O2. The van der Waals surface area contributed by atoms with E-state index in [1.54, 1.807) is 4.90 Å². The largest absolute Gasteiger partial charge is 0.481 e. The van der Waals surface area contributed by atoms with E-state index in [9.17, 15) is 18.0 Å². The van der Waals surface area contributed by atoms with Gasteiger partial charge in [-0.25, -0.2) is 4.98 Å². The van der Waals surface area contributed by atoms with Gasteiger partial charge in [-0.2, -0.15) is 13.2 Å². The second kappa shape index (κ2) is 6.58. The Morgan fingerprint density at radius 1 is 1.40 bits per heavy atom. The first-order valence-electron chi connectivity index (χ1n) is 6.24. The highest BCUT2D eigenvalue weighted by Gasteiger charge is 2.33. The summed E-state index contributed by atoms with van der Waals surface area (Å²) in [5, 5.41) is 8.60. The summed E-state index contributed by atoms with van der Waals surface area (Å²) in [6.07, 6.45) is -4.16. The van der Waals surface area contributed by atoms with E-state index < -0.39 is 17.8 Å². The van der Waals surface area contributed by atoms with E-state index in [-0.39, 0.29) is 18.3 Å². The van der Waals surface area contributed by atoms with Gasteiger partial charge in [-0.1, -0.05) is 6.07 Å². The van der Waals surface area contributed by atoms with Crippen LogP contribution in [-0.4, -0.2) is 28.6 Å². The minimum absolute atomic E-state index is 0.0256. The topological polar surface area (TPSA) is 53.4 Å². The maximum Gasteiger partial charge on any atom is 0.433 e. The van der Waals surface area contributed by atoms with Crippen molar-refractivity contribution in [3.05, 3.63) is 23.9 Å². The molecule has 1 rings (SSSR count). The lowest BCUT2D eigenvalue weighted by Gasteiger charge is -2.28. The van der Waals surface area contributed by atoms with Crippen molar-refractivity contribution in [1.29, 1.82) is 0 Å². The van der Waals surface area contributed by atoms with Crippen molar-refractivity contribution in [2.45, 2.75) is 38.9 Å². The molecule has 0 fully saturated rings. The van der Waals surface area contributed by atoms with E-state index in [2.05, 4.69) is 4.98 Å². The Morgan fingerprint density at radius 2 is 2.05 bits per heavy atom. The zero-order valence-corrected chi connectivity index (χ0v) is 11.3. The Hall–Kier alpha value is -1.79. The van der Waals surface area contributed by atoms with E-state index in [1.807, 2.05) is 13.8 Å². The summed E-state index contributed by atoms with van der Waals surface area (Å²) in [5.41, 5.74) is -0.945. The molecule has 1 aromatic heterocycles. The molecule has 0 amide bonds. The van der Waals surface area contributed by atoms with Gasteiger partial charge < -0.3 is 10.0 Å². The average Bonchev–Trinajstić information content (AvgIpc) is 2.33. The molecule has 0 bridgehead atoms. The lowest BCUT2D eigenvalue weighted by molar-refractivity contribution is -0.141. The van der Waals surface area contributed by atoms with Crippen LogP contribution in [0.5, 0.6) is 0 Å². The number of alkyl halides is 3. The fraction of sp³-hybridized carbons (Fsp3) is 0.538. The molecule has 1 heterocycles. The van der Waals surface area contributed by atoms with Crippen LogP contribution in [0.2, 0.25) is 0 Å². The Morgan fingerprint density at radius 3 is 2.55 bits per heavy atom. The SMILES string of the molecule is CC(C)N(CCCC(=O)O)c1cccc(C(F)(F)F)n1. The average molecular weight is 290 g/mol. The minimum atomic E-state index is -4.49. The highest BCUT2D eigenvalue weighted by atomic mass is 19.4. The van der Waals surface area contributed by atoms with Crippen LogP contribution in [0.15, 0.2) is 18.2 Å². The van der Waals surface area contributed by atoms with Gasteiger partial charge in [0.25, 0.3) is 0 Å². The fourth-order valence-corrected chi connectivity index (χ4v) is 1.78. The lowest BCUT2D eigenvalue weighted by Crippen LogP contribution is -2.33. The maximum atomic E-state index is 12.6. The summed E-state index contributed by atoms with van der Waals surface area (Å²) in [4.78, 5) is 15.8. The predicted molar refractivity (Wildman–Crippen MR) is 68.6 cm³/mol. The molecule has 112 valence electrons. The fourth-order valence-electron chi connectivity index (χ4n) is 1.78. The van der Waals surface area contributed by atoms with Crippen molar-refractivity contribution >= 4 is 11.8 Å². The molecule has 20 heavy (non-hydrogen) atoms. The molecule has 4 nitrogen and oxygen atoms in total. The molecule has 0 radical (unpaired) electrons. The highest BCUT2D eigenvalue weighted by Crippen LogP contribution is 2.29. The van der Waals surface area contributed by atoms with E-state index in [1.165, 1.54) is 12.1 Å². The van der Waals surface area contributed by atoms with Gasteiger partial charge in [-0.15, -0.1) is 0 Å². The summed E-state index contributed by atoms with van der Waals surface area (Å²) >= 11 is 0. The number of carbonyl (C=O) groups is 1. The summed E-state index contributed by atoms with van der Waals surface area (Å²) < 4.78 is 37.9. The zero-order chi connectivity index (χ0) is 15.3. The van der Waals surface area contributed by atoms with Crippen LogP contribution in [0.25, 0.3) is 0 Å². The highest BCUT2D eigenvalue weighted by molar-refractivity contribution is 5.66. The number of aliphatic carboxylic acids is 1. The summed E-state index contributed by atoms with van der Waals surface area (Å²) in [7, 11) is 0. The standard InChI is InChI=1S/C13H17F3N2O2/c1-9(2)18(8-4-7-12(19)20)11-6-3-5-10(17-11)13(14,15)16/h3,5-6,9H,4,7-8H2,1-2H3,(H,19,20). The first-order chi connectivity index (χ1) is 9.21. The van der Waals surface area contributed by atoms with Gasteiger partial charge in [0, 0.05) is 19.0 Å². The number of hydrogen-bond acceptors (Lipinski definition) is 3. The summed E-state index contributed by atoms with van der Waals surface area (Å²) in [6, 6.07) is 3.65. The third-order valence-corrected chi connectivity index (χ3v) is 2.73. The van der Waals surface area contributed by atoms with Crippen molar-refractivity contribution in [1.82, 2.24) is 4.98 Å². The second-order valence-electron chi connectivity index (χ2n) is 4.66. The smallest absolute Gasteiger partial charge is 0.433 e. The maximum absolute atomic E-state index is 12.6. The van der Waals surface area contributed by atoms with E-state index >= 15 is 0 Å². The van der Waals surface area contributed by atoms with Gasteiger partial charge >= 0.3 is 12.1 Å². The number of carboxylic acid groups (broad SMARTS) is 1. The van der Waals surface area contributed by atoms with Crippen LogP contribution >= 0.6 is 0 Å². The first kappa shape index (κ1) is 16.3. The molecule has 0 aliphatic carbocycles. The Labute approximate surface area is 115 Å². The van der Waals surface area contributed by atoms with Crippen molar-refractivity contribution in [3.8, 4) is 0 Å². The number of pyridine rings is 1. The third kappa shape index (κ3) is 4.71. The molecule has 1 aromatic rings. The molecule has 0 aromatic carbocycles. The quantitative estimate of drug-likeness (QED) is 0.874. The van der Waals surface area contributed by atoms with Crippen LogP contribution in [0, 0.1) is 0 Å². The van der Waals surface area contributed by atoms with Crippen LogP contribution in [0.3, 0.4) is 0 Å². The molecule has 0 unspecified atom stereocenters. The van der Waals surface area contributed by atoms with Crippen LogP contribution < -0.4 is 4.90 Å². The molecule has 0 aliphatic heterocycles. The number of aromatic nitrogens is 1. The van der Waals surface area contributed by atoms with Crippen LogP contribution in [0.4, 0.5) is 19.0 Å². The number of carboxylic acids is 1. The molecule has 0 aliphatic rings. The molecule has 0 saturated heterocycles. The minimum Gasteiger partial charge on any atom is -0.481 e.